The van der Waals surface area contributed by atoms with Gasteiger partial charge in [-0.1, -0.05) is 44.9 Å². The van der Waals surface area contributed by atoms with Gasteiger partial charge in [-0.25, -0.2) is 8.42 Å². The number of hydrogen-bond donors (Lipinski definition) is 1. The van der Waals surface area contributed by atoms with Crippen molar-refractivity contribution in [1.29, 1.82) is 0 Å². The molecule has 3 rings (SSSR count). The number of fused-ring (bicyclic) bond motifs is 1. The lowest BCUT2D eigenvalue weighted by molar-refractivity contribution is -0.142. The number of nitrogens with zero attached hydrogens (tertiary/aromatic N) is 1. The van der Waals surface area contributed by atoms with E-state index in [0.717, 1.165) is 36.3 Å². The topological polar surface area (TPSA) is 98.9 Å². The number of benzene rings is 2. The number of unbranched alkanes of at least 4 members (excludes halogenated alkanes) is 1. The van der Waals surface area contributed by atoms with Crippen LogP contribution in [0.25, 0.3) is 0 Å². The van der Waals surface area contributed by atoms with Gasteiger partial charge in [0.25, 0.3) is 0 Å². The van der Waals surface area contributed by atoms with Crippen molar-refractivity contribution in [3.8, 4) is 5.75 Å². The number of hydrogen-bond acceptors (Lipinski definition) is 8. The van der Waals surface area contributed by atoms with Crippen molar-refractivity contribution in [1.82, 2.24) is 0 Å². The van der Waals surface area contributed by atoms with Gasteiger partial charge in [0, 0.05) is 23.7 Å². The summed E-state index contributed by atoms with van der Waals surface area (Å²) in [5.74, 6) is -0.117. The SMILES string of the molecule is CCCC[C@]1(CC)CN(c2ccccc2)c2cc(SC)c(OC[C@@H](N)C(=O)OC)cc2S(=O)(=O)C1. The van der Waals surface area contributed by atoms with E-state index < -0.39 is 21.8 Å². The monoisotopic (exact) mass is 520 g/mol. The average Bonchev–Trinajstić information content (AvgIpc) is 2.97. The number of para-hydroxylation sites is 1. The number of carbonyl (C=O) groups is 1. The third-order valence-electron chi connectivity index (χ3n) is 6.66. The lowest BCUT2D eigenvalue weighted by atomic mass is 9.81. The molecule has 0 aliphatic carbocycles. The molecule has 2 atom stereocenters. The number of thioether (sulfide) groups is 1. The van der Waals surface area contributed by atoms with E-state index in [1.807, 2.05) is 42.7 Å². The van der Waals surface area contributed by atoms with Gasteiger partial charge < -0.3 is 20.1 Å². The summed E-state index contributed by atoms with van der Waals surface area (Å²) in [5.41, 5.74) is 7.07. The number of anilines is 2. The number of nitrogens with two attached hydrogens (primary N) is 1. The van der Waals surface area contributed by atoms with Crippen LogP contribution in [0, 0.1) is 5.41 Å². The van der Waals surface area contributed by atoms with Gasteiger partial charge >= 0.3 is 5.97 Å². The molecule has 0 unspecified atom stereocenters. The molecule has 2 aromatic carbocycles. The first kappa shape index (κ1) is 27.4. The van der Waals surface area contributed by atoms with Crippen molar-refractivity contribution in [2.75, 3.05) is 37.2 Å². The van der Waals surface area contributed by atoms with Gasteiger partial charge in [0.05, 0.1) is 28.3 Å². The maximum Gasteiger partial charge on any atom is 0.326 e. The predicted molar refractivity (Wildman–Crippen MR) is 141 cm³/mol. The molecule has 1 heterocycles. The number of esters is 1. The van der Waals surface area contributed by atoms with Crippen LogP contribution < -0.4 is 15.4 Å². The second kappa shape index (κ2) is 11.7. The highest BCUT2D eigenvalue weighted by Crippen LogP contribution is 2.47. The maximum absolute atomic E-state index is 13.9. The van der Waals surface area contributed by atoms with E-state index in [0.29, 0.717) is 18.0 Å². The number of ether oxygens (including phenoxy) is 2. The lowest BCUT2D eigenvalue weighted by Gasteiger charge is -2.36. The van der Waals surface area contributed by atoms with Crippen molar-refractivity contribution in [2.45, 2.75) is 55.4 Å². The van der Waals surface area contributed by atoms with Gasteiger partial charge in [0.15, 0.2) is 9.84 Å². The fourth-order valence-corrected chi connectivity index (χ4v) is 7.27. The molecule has 192 valence electrons. The highest BCUT2D eigenvalue weighted by Gasteiger charge is 2.42. The Morgan fingerprint density at radius 2 is 1.94 bits per heavy atom. The summed E-state index contributed by atoms with van der Waals surface area (Å²) >= 11 is 1.45. The van der Waals surface area contributed by atoms with Crippen LogP contribution >= 0.6 is 11.8 Å². The number of rotatable bonds is 10. The van der Waals surface area contributed by atoms with Crippen molar-refractivity contribution < 1.29 is 22.7 Å². The van der Waals surface area contributed by atoms with Crippen molar-refractivity contribution in [3.05, 3.63) is 42.5 Å². The highest BCUT2D eigenvalue weighted by atomic mass is 32.2. The molecular formula is C26H36N2O5S2. The first-order valence-corrected chi connectivity index (χ1v) is 14.8. The van der Waals surface area contributed by atoms with E-state index in [4.69, 9.17) is 10.5 Å². The summed E-state index contributed by atoms with van der Waals surface area (Å²) in [4.78, 5) is 14.9. The molecule has 1 aliphatic rings. The molecule has 1 aliphatic heterocycles. The van der Waals surface area contributed by atoms with Crippen LogP contribution in [0.5, 0.6) is 5.75 Å². The molecule has 0 fully saturated rings. The smallest absolute Gasteiger partial charge is 0.326 e. The average molecular weight is 521 g/mol. The summed E-state index contributed by atoms with van der Waals surface area (Å²) in [5, 5.41) is 0. The standard InChI is InChI=1S/C26H36N2O5S2/c1-5-7-13-26(6-2)17-28(19-11-9-8-10-12-19)21-14-23(34-4)22(15-24(21)35(30,31)18-26)33-16-20(27)25(29)32-3/h8-12,14-15,20H,5-7,13,16-18,27H2,1-4H3/t20-,26-/m1/s1. The zero-order valence-electron chi connectivity index (χ0n) is 21.0. The minimum Gasteiger partial charge on any atom is -0.490 e. The van der Waals surface area contributed by atoms with Crippen molar-refractivity contribution in [2.24, 2.45) is 11.1 Å². The summed E-state index contributed by atoms with van der Waals surface area (Å²) in [6.07, 6.45) is 5.48. The molecule has 0 bridgehead atoms. The molecule has 0 amide bonds. The molecule has 0 saturated heterocycles. The van der Waals surface area contributed by atoms with Crippen molar-refractivity contribution >= 4 is 38.9 Å². The second-order valence-electron chi connectivity index (χ2n) is 9.05. The van der Waals surface area contributed by atoms with Crippen LogP contribution in [0.2, 0.25) is 0 Å². The quantitative estimate of drug-likeness (QED) is 0.352. The molecule has 35 heavy (non-hydrogen) atoms. The Morgan fingerprint density at radius 1 is 1.23 bits per heavy atom. The van der Waals surface area contributed by atoms with E-state index in [1.165, 1.54) is 18.9 Å². The predicted octanol–water partition coefficient (Wildman–Crippen LogP) is 4.80. The van der Waals surface area contributed by atoms with E-state index in [9.17, 15) is 13.2 Å². The van der Waals surface area contributed by atoms with Crippen LogP contribution in [0.15, 0.2) is 52.3 Å². The van der Waals surface area contributed by atoms with Gasteiger partial charge in [-0.2, -0.15) is 0 Å². The Morgan fingerprint density at radius 3 is 2.54 bits per heavy atom. The molecule has 2 N–H and O–H groups in total. The van der Waals surface area contributed by atoms with Gasteiger partial charge in [-0.15, -0.1) is 11.8 Å². The molecule has 2 aromatic rings. The third-order valence-corrected chi connectivity index (χ3v) is 9.41. The van der Waals surface area contributed by atoms with E-state index >= 15 is 0 Å². The first-order chi connectivity index (χ1) is 16.7. The van der Waals surface area contributed by atoms with Crippen LogP contribution in [0.3, 0.4) is 0 Å². The third kappa shape index (κ3) is 6.13. The van der Waals surface area contributed by atoms with E-state index in [1.54, 1.807) is 6.07 Å². The molecular weight excluding hydrogens is 484 g/mol. The van der Waals surface area contributed by atoms with Crippen LogP contribution in [-0.2, 0) is 19.4 Å². The molecule has 0 aromatic heterocycles. The summed E-state index contributed by atoms with van der Waals surface area (Å²) in [7, 11) is -2.37. The minimum absolute atomic E-state index is 0.0760. The first-order valence-electron chi connectivity index (χ1n) is 11.9. The van der Waals surface area contributed by atoms with Crippen LogP contribution in [-0.4, -0.2) is 52.7 Å². The van der Waals surface area contributed by atoms with Crippen LogP contribution in [0.4, 0.5) is 11.4 Å². The van der Waals surface area contributed by atoms with E-state index in [-0.39, 0.29) is 22.7 Å². The Balaban J connectivity index is 2.16. The number of sulfone groups is 1. The Hall–Kier alpha value is -2.23. The lowest BCUT2D eigenvalue weighted by Crippen LogP contribution is -2.37. The zero-order chi connectivity index (χ0) is 25.6. The molecule has 7 nitrogen and oxygen atoms in total. The number of methoxy groups -OCH3 is 1. The Labute approximate surface area is 213 Å². The minimum atomic E-state index is -3.63. The molecule has 9 heteroatoms. The largest absolute Gasteiger partial charge is 0.490 e. The molecule has 0 saturated carbocycles. The summed E-state index contributed by atoms with van der Waals surface area (Å²) in [6.45, 7) is 4.71. The van der Waals surface area contributed by atoms with Gasteiger partial charge in [-0.3, -0.25) is 4.79 Å². The molecule has 0 radical (unpaired) electrons. The second-order valence-corrected chi connectivity index (χ2v) is 11.9. The number of carbonyl (C=O) groups excluding carboxylic acids is 1. The zero-order valence-corrected chi connectivity index (χ0v) is 22.6. The maximum atomic E-state index is 13.9. The summed E-state index contributed by atoms with van der Waals surface area (Å²) < 4.78 is 38.3. The van der Waals surface area contributed by atoms with Gasteiger partial charge in [0.1, 0.15) is 18.4 Å². The van der Waals surface area contributed by atoms with E-state index in [2.05, 4.69) is 23.5 Å². The van der Waals surface area contributed by atoms with Gasteiger partial charge in [-0.05, 0) is 37.3 Å². The highest BCUT2D eigenvalue weighted by molar-refractivity contribution is 7.98. The van der Waals surface area contributed by atoms with Gasteiger partial charge in [0.2, 0.25) is 0 Å². The summed E-state index contributed by atoms with van der Waals surface area (Å²) in [6, 6.07) is 12.4. The fourth-order valence-electron chi connectivity index (χ4n) is 4.54. The van der Waals surface area contributed by atoms with Crippen molar-refractivity contribution in [3.63, 3.8) is 0 Å². The molecule has 0 spiro atoms. The fraction of sp³-hybridized carbons (Fsp3) is 0.500. The normalized spacial score (nSPS) is 20.0. The van der Waals surface area contributed by atoms with Crippen LogP contribution in [0.1, 0.15) is 39.5 Å². The Bertz CT molecular complexity index is 1120. The Kier molecular flexibility index (Phi) is 9.12.